The van der Waals surface area contributed by atoms with Gasteiger partial charge < -0.3 is 19.3 Å². The van der Waals surface area contributed by atoms with E-state index >= 15 is 0 Å². The summed E-state index contributed by atoms with van der Waals surface area (Å²) in [4.78, 5) is 35.0. The first-order chi connectivity index (χ1) is 18.0. The molecule has 1 N–H and O–H groups in total. The molecule has 37 heavy (non-hydrogen) atoms. The summed E-state index contributed by atoms with van der Waals surface area (Å²) in [6.07, 6.45) is 15.2. The number of hydrogen-bond acceptors (Lipinski definition) is 7. The highest BCUT2D eigenvalue weighted by molar-refractivity contribution is 6.03. The average molecular weight is 521 g/mol. The maximum atomic E-state index is 12.4. The van der Waals surface area contributed by atoms with E-state index in [4.69, 9.17) is 14.6 Å². The standard InChI is InChI=1S/C24H38O4.C6H10O3/c1-3-5-7-9-11-15-19-27-23(25)21-17-13-14-18-22(21)24(26)28-20-16-12-10-8-6-4-2;1-2-6(8)9-5-3-4-7/h13-14,17-18H,3-12,15-16,19-20H2,1-2H3;2,7H,1,3-5H2. The molecule has 0 fully saturated rings. The fourth-order valence-electron chi connectivity index (χ4n) is 3.39. The highest BCUT2D eigenvalue weighted by Gasteiger charge is 2.18. The Labute approximate surface area is 223 Å². The van der Waals surface area contributed by atoms with Gasteiger partial charge in [-0.2, -0.15) is 0 Å². The Kier molecular flexibility index (Phi) is 23.2. The molecule has 0 aliphatic heterocycles. The molecule has 210 valence electrons. The van der Waals surface area contributed by atoms with E-state index in [1.54, 1.807) is 24.3 Å². The van der Waals surface area contributed by atoms with Crippen LogP contribution in [-0.4, -0.2) is 49.4 Å². The minimum atomic E-state index is -0.444. The van der Waals surface area contributed by atoms with Crippen molar-refractivity contribution in [3.63, 3.8) is 0 Å². The summed E-state index contributed by atoms with van der Waals surface area (Å²) in [5.41, 5.74) is 0.586. The number of hydrogen-bond donors (Lipinski definition) is 1. The predicted octanol–water partition coefficient (Wildman–Crippen LogP) is 6.82. The second-order valence-corrected chi connectivity index (χ2v) is 8.80. The summed E-state index contributed by atoms with van der Waals surface area (Å²) in [5.74, 6) is -1.33. The van der Waals surface area contributed by atoms with Crippen LogP contribution in [0.3, 0.4) is 0 Å². The average Bonchev–Trinajstić information content (AvgIpc) is 2.92. The SMILES string of the molecule is C=CC(=O)OCCCO.CCCCCCCCOC(=O)c1ccccc1C(=O)OCCCCCCCC. The van der Waals surface area contributed by atoms with Gasteiger partial charge in [-0.1, -0.05) is 96.8 Å². The first-order valence-corrected chi connectivity index (χ1v) is 13.8. The lowest BCUT2D eigenvalue weighted by Crippen LogP contribution is -2.15. The molecule has 0 amide bonds. The zero-order valence-corrected chi connectivity index (χ0v) is 23.0. The third-order valence-corrected chi connectivity index (χ3v) is 5.54. The van der Waals surface area contributed by atoms with Gasteiger partial charge in [-0.3, -0.25) is 0 Å². The molecule has 0 atom stereocenters. The van der Waals surface area contributed by atoms with Crippen LogP contribution in [0.2, 0.25) is 0 Å². The predicted molar refractivity (Wildman–Crippen MR) is 147 cm³/mol. The molecule has 0 aromatic heterocycles. The molecule has 0 spiro atoms. The smallest absolute Gasteiger partial charge is 0.339 e. The van der Waals surface area contributed by atoms with Crippen molar-refractivity contribution in [3.05, 3.63) is 48.0 Å². The van der Waals surface area contributed by atoms with Crippen LogP contribution >= 0.6 is 0 Å². The molecule has 1 aromatic rings. The zero-order valence-electron chi connectivity index (χ0n) is 23.0. The second kappa shape index (κ2) is 25.0. The number of ether oxygens (including phenoxy) is 3. The van der Waals surface area contributed by atoms with Gasteiger partial charge >= 0.3 is 17.9 Å². The lowest BCUT2D eigenvalue weighted by molar-refractivity contribution is -0.138. The number of esters is 3. The molecule has 0 saturated carbocycles. The number of carbonyl (C=O) groups is 3. The van der Waals surface area contributed by atoms with Crippen LogP contribution in [0.1, 0.15) is 118 Å². The molecule has 1 rings (SSSR count). The van der Waals surface area contributed by atoms with Crippen molar-refractivity contribution < 1.29 is 33.7 Å². The van der Waals surface area contributed by atoms with Crippen molar-refractivity contribution in [2.24, 2.45) is 0 Å². The maximum Gasteiger partial charge on any atom is 0.339 e. The molecule has 1 aromatic carbocycles. The van der Waals surface area contributed by atoms with E-state index in [0.29, 0.717) is 30.8 Å². The van der Waals surface area contributed by atoms with Crippen molar-refractivity contribution in [3.8, 4) is 0 Å². The molecule has 7 nitrogen and oxygen atoms in total. The van der Waals surface area contributed by atoms with E-state index in [1.165, 1.54) is 51.4 Å². The second-order valence-electron chi connectivity index (χ2n) is 8.80. The normalized spacial score (nSPS) is 10.1. The van der Waals surface area contributed by atoms with E-state index in [-0.39, 0.29) is 13.2 Å². The van der Waals surface area contributed by atoms with Crippen molar-refractivity contribution in [2.75, 3.05) is 26.4 Å². The molecular formula is C30H48O7. The van der Waals surface area contributed by atoms with Gasteiger partial charge in [-0.25, -0.2) is 14.4 Å². The minimum absolute atomic E-state index is 0.0461. The minimum Gasteiger partial charge on any atom is -0.462 e. The summed E-state index contributed by atoms with van der Waals surface area (Å²) in [5, 5.41) is 8.23. The molecule has 7 heteroatoms. The van der Waals surface area contributed by atoms with Crippen molar-refractivity contribution >= 4 is 17.9 Å². The molecule has 0 heterocycles. The molecule has 0 radical (unpaired) electrons. The van der Waals surface area contributed by atoms with Gasteiger partial charge in [0.05, 0.1) is 30.9 Å². The first kappa shape index (κ1) is 34.3. The number of benzene rings is 1. The van der Waals surface area contributed by atoms with Gasteiger partial charge in [0, 0.05) is 19.1 Å². The Morgan fingerprint density at radius 2 is 1.08 bits per heavy atom. The molecule has 0 unspecified atom stereocenters. The van der Waals surface area contributed by atoms with Gasteiger partial charge in [0.1, 0.15) is 0 Å². The number of unbranched alkanes of at least 4 members (excludes halogenated alkanes) is 10. The van der Waals surface area contributed by atoms with Gasteiger partial charge in [-0.15, -0.1) is 0 Å². The summed E-state index contributed by atoms with van der Waals surface area (Å²) in [6, 6.07) is 6.74. The van der Waals surface area contributed by atoms with Crippen LogP contribution in [0.4, 0.5) is 0 Å². The van der Waals surface area contributed by atoms with E-state index in [1.807, 2.05) is 0 Å². The number of aliphatic hydroxyl groups is 1. The first-order valence-electron chi connectivity index (χ1n) is 13.8. The maximum absolute atomic E-state index is 12.4. The van der Waals surface area contributed by atoms with Crippen LogP contribution in [0.25, 0.3) is 0 Å². The van der Waals surface area contributed by atoms with Gasteiger partial charge in [0.15, 0.2) is 0 Å². The van der Waals surface area contributed by atoms with Crippen LogP contribution in [0, 0.1) is 0 Å². The van der Waals surface area contributed by atoms with E-state index in [0.717, 1.165) is 31.8 Å². The van der Waals surface area contributed by atoms with Gasteiger partial charge in [0.25, 0.3) is 0 Å². The lowest BCUT2D eigenvalue weighted by Gasteiger charge is -2.10. The summed E-state index contributed by atoms with van der Waals surface area (Å²) in [7, 11) is 0. The molecule has 0 aliphatic carbocycles. The van der Waals surface area contributed by atoms with Crippen LogP contribution in [-0.2, 0) is 19.0 Å². The largest absolute Gasteiger partial charge is 0.462 e. The number of rotatable bonds is 20. The van der Waals surface area contributed by atoms with E-state index in [9.17, 15) is 14.4 Å². The Balaban J connectivity index is 0.00000122. The third kappa shape index (κ3) is 19.2. The fourth-order valence-corrected chi connectivity index (χ4v) is 3.39. The van der Waals surface area contributed by atoms with Crippen molar-refractivity contribution in [1.29, 1.82) is 0 Å². The van der Waals surface area contributed by atoms with Crippen molar-refractivity contribution in [1.82, 2.24) is 0 Å². The molecular weight excluding hydrogens is 472 g/mol. The molecule has 0 bridgehead atoms. The van der Waals surface area contributed by atoms with Gasteiger partial charge in [-0.05, 0) is 25.0 Å². The molecule has 0 saturated heterocycles. The van der Waals surface area contributed by atoms with Gasteiger partial charge in [0.2, 0.25) is 0 Å². The molecule has 0 aliphatic rings. The Bertz CT molecular complexity index is 696. The summed E-state index contributed by atoms with van der Waals surface area (Å²) in [6.45, 7) is 8.69. The van der Waals surface area contributed by atoms with Crippen LogP contribution in [0.5, 0.6) is 0 Å². The van der Waals surface area contributed by atoms with Crippen LogP contribution in [0.15, 0.2) is 36.9 Å². The summed E-state index contributed by atoms with van der Waals surface area (Å²) < 4.78 is 15.2. The fraction of sp³-hybridized carbons (Fsp3) is 0.633. The quantitative estimate of drug-likeness (QED) is 0.0871. The Morgan fingerprint density at radius 3 is 1.49 bits per heavy atom. The van der Waals surface area contributed by atoms with E-state index < -0.39 is 17.9 Å². The summed E-state index contributed by atoms with van der Waals surface area (Å²) >= 11 is 0. The Hall–Kier alpha value is -2.67. The third-order valence-electron chi connectivity index (χ3n) is 5.54. The Morgan fingerprint density at radius 1 is 0.676 bits per heavy atom. The zero-order chi connectivity index (χ0) is 27.6. The number of aliphatic hydroxyl groups excluding tert-OH is 1. The van der Waals surface area contributed by atoms with Crippen LogP contribution < -0.4 is 0 Å². The monoisotopic (exact) mass is 520 g/mol. The number of carbonyl (C=O) groups excluding carboxylic acids is 3. The highest BCUT2D eigenvalue weighted by atomic mass is 16.5. The highest BCUT2D eigenvalue weighted by Crippen LogP contribution is 2.14. The topological polar surface area (TPSA) is 99.1 Å². The van der Waals surface area contributed by atoms with E-state index in [2.05, 4.69) is 25.2 Å². The lowest BCUT2D eigenvalue weighted by atomic mass is 10.1. The van der Waals surface area contributed by atoms with Crippen molar-refractivity contribution in [2.45, 2.75) is 97.3 Å².